The number of hydrogen-bond donors (Lipinski definition) is 0. The number of halogens is 1. The molecular formula is C16H12BrNO3S. The van der Waals surface area contributed by atoms with Crippen molar-refractivity contribution in [2.45, 2.75) is 5.25 Å². The molecule has 112 valence electrons. The Bertz CT molecular complexity index is 746. The Morgan fingerprint density at radius 3 is 2.27 bits per heavy atom. The summed E-state index contributed by atoms with van der Waals surface area (Å²) >= 11 is 3.32. The van der Waals surface area contributed by atoms with Crippen LogP contribution in [0.2, 0.25) is 0 Å². The van der Waals surface area contributed by atoms with Gasteiger partial charge < -0.3 is 0 Å². The van der Waals surface area contributed by atoms with Crippen LogP contribution in [0.5, 0.6) is 0 Å². The van der Waals surface area contributed by atoms with E-state index >= 15 is 0 Å². The lowest BCUT2D eigenvalue weighted by molar-refractivity contribution is -0.125. The van der Waals surface area contributed by atoms with Gasteiger partial charge in [0, 0.05) is 15.3 Å². The van der Waals surface area contributed by atoms with Gasteiger partial charge in [0.15, 0.2) is 0 Å². The molecule has 0 aromatic heterocycles. The molecule has 1 aliphatic rings. The molecule has 0 aliphatic carbocycles. The van der Waals surface area contributed by atoms with Gasteiger partial charge in [-0.05, 0) is 29.8 Å². The number of carbonyl (C=O) groups excluding carboxylic acids is 2. The smallest absolute Gasteiger partial charge is 0.254 e. The molecule has 4 nitrogen and oxygen atoms in total. The summed E-state index contributed by atoms with van der Waals surface area (Å²) in [5.41, 5.74) is 1.16. The normalized spacial score (nSPS) is 22.0. The van der Waals surface area contributed by atoms with Crippen LogP contribution in [-0.2, 0) is 20.4 Å². The highest BCUT2D eigenvalue weighted by Gasteiger charge is 2.41. The van der Waals surface area contributed by atoms with E-state index in [1.165, 1.54) is 0 Å². The van der Waals surface area contributed by atoms with E-state index in [0.717, 1.165) is 9.37 Å². The summed E-state index contributed by atoms with van der Waals surface area (Å²) in [5.74, 6) is -1.03. The van der Waals surface area contributed by atoms with Crippen molar-refractivity contribution >= 4 is 44.2 Å². The first-order valence-electron chi connectivity index (χ1n) is 6.62. The molecule has 1 aliphatic heterocycles. The maximum Gasteiger partial charge on any atom is 0.254 e. The van der Waals surface area contributed by atoms with E-state index in [-0.39, 0.29) is 5.75 Å². The van der Waals surface area contributed by atoms with Gasteiger partial charge in [-0.25, -0.2) is 4.90 Å². The Morgan fingerprint density at radius 2 is 1.64 bits per heavy atom. The number of hydrogen-bond acceptors (Lipinski definition) is 3. The maximum absolute atomic E-state index is 12.7. The summed E-state index contributed by atoms with van der Waals surface area (Å²) in [4.78, 5) is 26.0. The molecule has 1 heterocycles. The molecule has 0 spiro atoms. The molecule has 1 fully saturated rings. The van der Waals surface area contributed by atoms with Gasteiger partial charge in [-0.3, -0.25) is 13.8 Å². The zero-order valence-electron chi connectivity index (χ0n) is 11.4. The molecule has 0 saturated carbocycles. The quantitative estimate of drug-likeness (QED) is 0.756. The second-order valence-corrected chi connectivity index (χ2v) is 7.30. The molecular weight excluding hydrogens is 366 g/mol. The molecule has 0 unspecified atom stereocenters. The zero-order valence-corrected chi connectivity index (χ0v) is 13.8. The fourth-order valence-corrected chi connectivity index (χ4v) is 4.00. The highest BCUT2D eigenvalue weighted by Crippen LogP contribution is 2.30. The second kappa shape index (κ2) is 6.14. The summed E-state index contributed by atoms with van der Waals surface area (Å²) in [6, 6.07) is 15.8. The van der Waals surface area contributed by atoms with Gasteiger partial charge in [0.1, 0.15) is 11.0 Å². The Balaban J connectivity index is 2.01. The average Bonchev–Trinajstić information content (AvgIpc) is 2.50. The van der Waals surface area contributed by atoms with Crippen LogP contribution in [0.15, 0.2) is 59.1 Å². The molecule has 0 N–H and O–H groups in total. The van der Waals surface area contributed by atoms with Crippen LogP contribution in [0.1, 0.15) is 10.8 Å². The predicted octanol–water partition coefficient (Wildman–Crippen LogP) is 2.81. The van der Waals surface area contributed by atoms with Crippen LogP contribution in [0.3, 0.4) is 0 Å². The van der Waals surface area contributed by atoms with Gasteiger partial charge in [0.2, 0.25) is 5.91 Å². The Morgan fingerprint density at radius 1 is 1.00 bits per heavy atom. The third-order valence-electron chi connectivity index (χ3n) is 3.41. The van der Waals surface area contributed by atoms with Crippen LogP contribution >= 0.6 is 15.9 Å². The van der Waals surface area contributed by atoms with Gasteiger partial charge in [0.25, 0.3) is 5.91 Å². The highest BCUT2D eigenvalue weighted by atomic mass is 79.9. The van der Waals surface area contributed by atoms with Crippen LogP contribution < -0.4 is 4.90 Å². The number of benzene rings is 2. The first-order chi connectivity index (χ1) is 10.6. The van der Waals surface area contributed by atoms with Crippen molar-refractivity contribution in [1.29, 1.82) is 0 Å². The molecule has 6 heteroatoms. The van der Waals surface area contributed by atoms with Gasteiger partial charge in [0.05, 0.1) is 5.69 Å². The molecule has 2 atom stereocenters. The van der Waals surface area contributed by atoms with E-state index in [4.69, 9.17) is 0 Å². The zero-order chi connectivity index (χ0) is 15.7. The van der Waals surface area contributed by atoms with Crippen LogP contribution in [0, 0.1) is 0 Å². The Hall–Kier alpha value is -1.79. The third kappa shape index (κ3) is 2.76. The van der Waals surface area contributed by atoms with Crippen LogP contribution in [0.4, 0.5) is 5.69 Å². The number of anilines is 1. The monoisotopic (exact) mass is 377 g/mol. The standard InChI is InChI=1S/C16H12BrNO3S/c17-12-6-8-13(9-7-12)18-14(19)10-22(21)15(16(18)20)11-4-2-1-3-5-11/h1-9,15H,10H2/t15-,22-/m1/s1. The first kappa shape index (κ1) is 15.1. The fraction of sp³-hybridized carbons (Fsp3) is 0.125. The van der Waals surface area contributed by atoms with E-state index in [9.17, 15) is 13.8 Å². The highest BCUT2D eigenvalue weighted by molar-refractivity contribution is 9.10. The molecule has 0 bridgehead atoms. The van der Waals surface area contributed by atoms with E-state index in [1.807, 2.05) is 6.07 Å². The van der Waals surface area contributed by atoms with Crippen LogP contribution in [0.25, 0.3) is 0 Å². The minimum Gasteiger partial charge on any atom is -0.273 e. The van der Waals surface area contributed by atoms with Crippen molar-refractivity contribution in [2.24, 2.45) is 0 Å². The van der Waals surface area contributed by atoms with E-state index in [1.54, 1.807) is 48.5 Å². The summed E-state index contributed by atoms with van der Waals surface area (Å²) in [5, 5.41) is -0.803. The van der Waals surface area contributed by atoms with Crippen molar-refractivity contribution < 1.29 is 13.8 Å². The Labute approximate surface area is 138 Å². The molecule has 2 aromatic rings. The second-order valence-electron chi connectivity index (χ2n) is 4.86. The Kier molecular flexibility index (Phi) is 4.22. The van der Waals surface area contributed by atoms with E-state index in [0.29, 0.717) is 11.3 Å². The van der Waals surface area contributed by atoms with Crippen LogP contribution in [-0.4, -0.2) is 21.8 Å². The van der Waals surface area contributed by atoms with Crippen molar-refractivity contribution in [1.82, 2.24) is 0 Å². The SMILES string of the molecule is O=C1C[S@@](=O)[C@H](c2ccccc2)C(=O)N1c1ccc(Br)cc1. The average molecular weight is 378 g/mol. The summed E-state index contributed by atoms with van der Waals surface area (Å²) in [6.07, 6.45) is 0. The van der Waals surface area contributed by atoms with Gasteiger partial charge in [-0.2, -0.15) is 0 Å². The number of carbonyl (C=O) groups is 2. The number of amides is 2. The van der Waals surface area contributed by atoms with Gasteiger partial charge in [-0.1, -0.05) is 46.3 Å². The molecule has 1 saturated heterocycles. The van der Waals surface area contributed by atoms with Gasteiger partial charge >= 0.3 is 0 Å². The lowest BCUT2D eigenvalue weighted by Crippen LogP contribution is -2.49. The fourth-order valence-electron chi connectivity index (χ4n) is 2.41. The van der Waals surface area contributed by atoms with Crippen molar-refractivity contribution in [3.63, 3.8) is 0 Å². The topological polar surface area (TPSA) is 54.5 Å². The summed E-state index contributed by atoms with van der Waals surface area (Å²) in [7, 11) is -1.54. The molecule has 2 aromatic carbocycles. The third-order valence-corrected chi connectivity index (χ3v) is 5.47. The molecule has 3 rings (SSSR count). The maximum atomic E-state index is 12.7. The summed E-state index contributed by atoms with van der Waals surface area (Å²) in [6.45, 7) is 0. The predicted molar refractivity (Wildman–Crippen MR) is 88.8 cm³/mol. The number of nitrogens with zero attached hydrogens (tertiary/aromatic N) is 1. The molecule has 0 radical (unpaired) electrons. The van der Waals surface area contributed by atoms with Crippen molar-refractivity contribution in [2.75, 3.05) is 10.7 Å². The number of rotatable bonds is 2. The lowest BCUT2D eigenvalue weighted by Gasteiger charge is -2.30. The first-order valence-corrected chi connectivity index (χ1v) is 8.80. The van der Waals surface area contributed by atoms with Crippen molar-refractivity contribution in [3.8, 4) is 0 Å². The summed E-state index contributed by atoms with van der Waals surface area (Å²) < 4.78 is 13.1. The van der Waals surface area contributed by atoms with E-state index in [2.05, 4.69) is 15.9 Å². The number of imide groups is 1. The largest absolute Gasteiger partial charge is 0.273 e. The van der Waals surface area contributed by atoms with E-state index < -0.39 is 27.9 Å². The van der Waals surface area contributed by atoms with Gasteiger partial charge in [-0.15, -0.1) is 0 Å². The lowest BCUT2D eigenvalue weighted by atomic mass is 10.1. The minimum atomic E-state index is -1.54. The van der Waals surface area contributed by atoms with Crippen molar-refractivity contribution in [3.05, 3.63) is 64.6 Å². The molecule has 22 heavy (non-hydrogen) atoms. The minimum absolute atomic E-state index is 0.151. The molecule has 2 amide bonds.